The van der Waals surface area contributed by atoms with Crippen molar-refractivity contribution in [3.8, 4) is 11.5 Å². The predicted molar refractivity (Wildman–Crippen MR) is 165 cm³/mol. The maximum atomic E-state index is 13.3. The van der Waals surface area contributed by atoms with Crippen LogP contribution in [0.2, 0.25) is 0 Å². The second-order valence-corrected chi connectivity index (χ2v) is 11.1. The molecule has 1 atom stereocenters. The molecule has 2 bridgehead atoms. The number of hydrogen-bond acceptors (Lipinski definition) is 8. The molecule has 2 N–H and O–H groups in total. The number of carbonyl (C=O) groups is 2. The number of rotatable bonds is 9. The number of benzene rings is 3. The largest absolute Gasteiger partial charge is 0.487 e. The maximum Gasteiger partial charge on any atom is 0.356 e. The van der Waals surface area contributed by atoms with E-state index < -0.39 is 23.6 Å². The second kappa shape index (κ2) is 12.5. The highest BCUT2D eigenvalue weighted by Crippen LogP contribution is 2.34. The number of aliphatic hydroxyl groups excluding tert-OH is 1. The van der Waals surface area contributed by atoms with Gasteiger partial charge in [0.25, 0.3) is 0 Å². The molecule has 44 heavy (non-hydrogen) atoms. The standard InChI is InChI=1S/C35H34N2O7/c1-3-22-14-24-16-26(17-25(24)15-23(22)4-2)36-19-29(38)27-10-11-30(42-20-21-8-6-5-7-9-21)34-28(27)18-31-35(41)37(34)44-33(40)13-12-32(39)43-31/h5-15,18,26,29,36,38H,3-4,16-17,19-20H2,1-2H3/b13-12+/t29-/m0/s1. The first-order valence-corrected chi connectivity index (χ1v) is 14.9. The van der Waals surface area contributed by atoms with Gasteiger partial charge in [0.05, 0.1) is 6.10 Å². The number of hydrogen-bond donors (Lipinski definition) is 2. The van der Waals surface area contributed by atoms with Gasteiger partial charge in [-0.15, -0.1) is 4.73 Å². The summed E-state index contributed by atoms with van der Waals surface area (Å²) in [7, 11) is 0. The Hall–Kier alpha value is -4.73. The zero-order chi connectivity index (χ0) is 30.8. The zero-order valence-electron chi connectivity index (χ0n) is 24.7. The molecule has 1 aliphatic heterocycles. The maximum absolute atomic E-state index is 13.3. The lowest BCUT2D eigenvalue weighted by Gasteiger charge is -2.21. The van der Waals surface area contributed by atoms with Crippen LogP contribution < -0.4 is 25.2 Å². The third kappa shape index (κ3) is 5.89. The highest BCUT2D eigenvalue weighted by Gasteiger charge is 2.27. The molecule has 6 rings (SSSR count). The summed E-state index contributed by atoms with van der Waals surface area (Å²) >= 11 is 0. The minimum Gasteiger partial charge on any atom is -0.487 e. The highest BCUT2D eigenvalue weighted by atomic mass is 16.7. The van der Waals surface area contributed by atoms with Crippen molar-refractivity contribution in [2.45, 2.75) is 58.3 Å². The Kier molecular flexibility index (Phi) is 8.32. The molecule has 0 saturated carbocycles. The summed E-state index contributed by atoms with van der Waals surface area (Å²) in [6, 6.07) is 19.0. The van der Waals surface area contributed by atoms with Gasteiger partial charge in [0.2, 0.25) is 0 Å². The van der Waals surface area contributed by atoms with Crippen LogP contribution in [0, 0.1) is 0 Å². The Morgan fingerprint density at radius 1 is 0.932 bits per heavy atom. The summed E-state index contributed by atoms with van der Waals surface area (Å²) in [5.41, 5.74) is 6.08. The van der Waals surface area contributed by atoms with Crippen molar-refractivity contribution < 1.29 is 29.0 Å². The summed E-state index contributed by atoms with van der Waals surface area (Å²) < 4.78 is 12.1. The number of pyridine rings is 1. The van der Waals surface area contributed by atoms with Gasteiger partial charge in [-0.05, 0) is 71.2 Å². The van der Waals surface area contributed by atoms with Crippen LogP contribution in [0.15, 0.2) is 77.6 Å². The molecule has 0 spiro atoms. The molecule has 1 aliphatic carbocycles. The highest BCUT2D eigenvalue weighted by molar-refractivity contribution is 5.95. The van der Waals surface area contributed by atoms with E-state index in [1.807, 2.05) is 30.3 Å². The van der Waals surface area contributed by atoms with E-state index in [2.05, 4.69) is 31.3 Å². The number of aliphatic hydroxyl groups is 1. The van der Waals surface area contributed by atoms with E-state index in [9.17, 15) is 19.5 Å². The van der Waals surface area contributed by atoms with Gasteiger partial charge < -0.3 is 24.7 Å². The second-order valence-electron chi connectivity index (χ2n) is 11.1. The van der Waals surface area contributed by atoms with E-state index in [1.54, 1.807) is 12.1 Å². The number of nitrogens with zero attached hydrogens (tertiary/aromatic N) is 1. The van der Waals surface area contributed by atoms with Gasteiger partial charge >= 0.3 is 17.5 Å². The van der Waals surface area contributed by atoms with Gasteiger partial charge in [0, 0.05) is 30.1 Å². The number of esters is 1. The van der Waals surface area contributed by atoms with E-state index in [4.69, 9.17) is 14.3 Å². The molecule has 226 valence electrons. The lowest BCUT2D eigenvalue weighted by Crippen LogP contribution is -2.34. The number of aryl methyl sites for hydroxylation is 2. The Morgan fingerprint density at radius 2 is 1.61 bits per heavy atom. The van der Waals surface area contributed by atoms with Crippen LogP contribution in [0.4, 0.5) is 0 Å². The van der Waals surface area contributed by atoms with Crippen LogP contribution in [0.5, 0.6) is 11.5 Å². The molecule has 0 amide bonds. The van der Waals surface area contributed by atoms with Gasteiger partial charge in [0.1, 0.15) is 17.9 Å². The Morgan fingerprint density at radius 3 is 2.30 bits per heavy atom. The summed E-state index contributed by atoms with van der Waals surface area (Å²) in [4.78, 5) is 43.5. The van der Waals surface area contributed by atoms with Crippen molar-refractivity contribution in [2.24, 2.45) is 0 Å². The van der Waals surface area contributed by atoms with E-state index >= 15 is 0 Å². The minimum atomic E-state index is -1.00. The predicted octanol–water partition coefficient (Wildman–Crippen LogP) is 3.93. The topological polar surface area (TPSA) is 116 Å². The fourth-order valence-corrected chi connectivity index (χ4v) is 6.03. The normalized spacial score (nSPS) is 16.0. The van der Waals surface area contributed by atoms with Gasteiger partial charge in [0.15, 0.2) is 5.75 Å². The van der Waals surface area contributed by atoms with Gasteiger partial charge in [-0.3, -0.25) is 4.79 Å². The van der Waals surface area contributed by atoms with Crippen molar-refractivity contribution in [1.82, 2.24) is 10.0 Å². The van der Waals surface area contributed by atoms with Crippen molar-refractivity contribution in [3.63, 3.8) is 0 Å². The molecule has 0 unspecified atom stereocenters. The van der Waals surface area contributed by atoms with Crippen molar-refractivity contribution in [1.29, 1.82) is 0 Å². The molecule has 3 aromatic carbocycles. The van der Waals surface area contributed by atoms with Gasteiger partial charge in [-0.1, -0.05) is 62.4 Å². The molecule has 2 heterocycles. The smallest absolute Gasteiger partial charge is 0.356 e. The molecule has 1 aromatic heterocycles. The van der Waals surface area contributed by atoms with Crippen LogP contribution in [0.25, 0.3) is 10.9 Å². The lowest BCUT2D eigenvalue weighted by atomic mass is 9.97. The van der Waals surface area contributed by atoms with Crippen LogP contribution >= 0.6 is 0 Å². The van der Waals surface area contributed by atoms with Crippen LogP contribution in [-0.2, 0) is 41.9 Å². The monoisotopic (exact) mass is 594 g/mol. The number of fused-ring (bicyclic) bond motifs is 5. The summed E-state index contributed by atoms with van der Waals surface area (Å²) in [6.07, 6.45) is 4.51. The molecule has 4 aromatic rings. The van der Waals surface area contributed by atoms with Gasteiger partial charge in [-0.2, -0.15) is 0 Å². The average Bonchev–Trinajstić information content (AvgIpc) is 3.45. The molecule has 9 nitrogen and oxygen atoms in total. The lowest BCUT2D eigenvalue weighted by molar-refractivity contribution is -0.138. The zero-order valence-corrected chi connectivity index (χ0v) is 24.7. The summed E-state index contributed by atoms with van der Waals surface area (Å²) in [6.45, 7) is 4.77. The van der Waals surface area contributed by atoms with E-state index in [-0.39, 0.29) is 36.2 Å². The number of ether oxygens (including phenoxy) is 2. The third-order valence-electron chi connectivity index (χ3n) is 8.25. The van der Waals surface area contributed by atoms with Gasteiger partial charge in [-0.25, -0.2) is 9.59 Å². The molecular formula is C35H34N2O7. The fourth-order valence-electron chi connectivity index (χ4n) is 6.03. The number of carbonyl (C=O) groups excluding carboxylic acids is 2. The van der Waals surface area contributed by atoms with Crippen LogP contribution in [0.3, 0.4) is 0 Å². The molecule has 9 heteroatoms. The first-order chi connectivity index (χ1) is 21.3. The molecular weight excluding hydrogens is 560 g/mol. The van der Waals surface area contributed by atoms with Crippen molar-refractivity contribution in [3.05, 3.63) is 117 Å². The Bertz CT molecular complexity index is 1790. The number of aromatic nitrogens is 1. The van der Waals surface area contributed by atoms with E-state index in [0.717, 1.165) is 48.1 Å². The molecule has 2 aliphatic rings. The summed E-state index contributed by atoms with van der Waals surface area (Å²) in [5, 5.41) is 15.3. The van der Waals surface area contributed by atoms with Crippen LogP contribution in [0.1, 0.15) is 53.3 Å². The van der Waals surface area contributed by atoms with Crippen LogP contribution in [-0.4, -0.2) is 34.4 Å². The first-order valence-electron chi connectivity index (χ1n) is 14.9. The minimum absolute atomic E-state index is 0.137. The van der Waals surface area contributed by atoms with E-state index in [1.165, 1.54) is 28.3 Å². The molecule has 0 radical (unpaired) electrons. The van der Waals surface area contributed by atoms with Crippen molar-refractivity contribution in [2.75, 3.05) is 6.54 Å². The number of nitrogens with one attached hydrogen (secondary N) is 1. The summed E-state index contributed by atoms with van der Waals surface area (Å²) in [5.74, 6) is -1.92. The van der Waals surface area contributed by atoms with E-state index in [0.29, 0.717) is 10.9 Å². The Labute approximate surface area is 254 Å². The Balaban J connectivity index is 1.33. The third-order valence-corrected chi connectivity index (χ3v) is 8.25. The quantitative estimate of drug-likeness (QED) is 0.280. The van der Waals surface area contributed by atoms with Crippen molar-refractivity contribution >= 4 is 22.8 Å². The SMILES string of the molecule is CCc1cc2c(cc1CC)CC(NC[C@H](O)c1ccc(OCc3ccccc3)c3c1cc1c(=O)n3OC(=O)/C=C/C(=O)O1)C2. The average molecular weight is 595 g/mol. The first kappa shape index (κ1) is 29.3. The molecule has 0 fully saturated rings. The molecule has 0 saturated heterocycles. The fraction of sp³-hybridized carbons (Fsp3) is 0.286.